The van der Waals surface area contributed by atoms with E-state index in [2.05, 4.69) is 20.5 Å². The van der Waals surface area contributed by atoms with Gasteiger partial charge in [0.1, 0.15) is 11.6 Å². The number of nitrogens with zero attached hydrogens (tertiary/aromatic N) is 2. The van der Waals surface area contributed by atoms with Crippen LogP contribution in [0, 0.1) is 5.82 Å². The van der Waals surface area contributed by atoms with Gasteiger partial charge in [-0.1, -0.05) is 31.5 Å². The van der Waals surface area contributed by atoms with Gasteiger partial charge in [0.2, 0.25) is 5.82 Å². The zero-order valence-electron chi connectivity index (χ0n) is 10.4. The number of carbonyl (C=O) groups is 1. The standard InChI is InChI=1S/C12H12ClFN4O/c1-6(2)10-16-11(18-17-10)12(19)15-9-7(13)4-3-5-8(9)14/h3-6H,1-2H3,(H,15,19)(H,16,17,18). The zero-order valence-corrected chi connectivity index (χ0v) is 11.1. The van der Waals surface area contributed by atoms with Crippen molar-refractivity contribution in [2.24, 2.45) is 0 Å². The molecule has 100 valence electrons. The summed E-state index contributed by atoms with van der Waals surface area (Å²) in [7, 11) is 0. The van der Waals surface area contributed by atoms with Crippen LogP contribution in [0.4, 0.5) is 10.1 Å². The summed E-state index contributed by atoms with van der Waals surface area (Å²) in [5, 5.41) is 8.91. The molecule has 0 bridgehead atoms. The smallest absolute Gasteiger partial charge is 0.295 e. The number of aromatic nitrogens is 3. The molecule has 2 aromatic rings. The van der Waals surface area contributed by atoms with Crippen LogP contribution in [0.25, 0.3) is 0 Å². The first-order valence-corrected chi connectivity index (χ1v) is 6.04. The van der Waals surface area contributed by atoms with Crippen molar-refractivity contribution in [1.29, 1.82) is 0 Å². The fourth-order valence-electron chi connectivity index (χ4n) is 1.42. The van der Waals surface area contributed by atoms with Crippen LogP contribution in [0.15, 0.2) is 18.2 Å². The molecule has 2 rings (SSSR count). The minimum Gasteiger partial charge on any atom is -0.315 e. The summed E-state index contributed by atoms with van der Waals surface area (Å²) in [5.41, 5.74) is -0.0786. The highest BCUT2D eigenvalue weighted by Crippen LogP contribution is 2.24. The Morgan fingerprint density at radius 2 is 2.21 bits per heavy atom. The molecule has 7 heteroatoms. The average Bonchev–Trinajstić information content (AvgIpc) is 2.83. The molecule has 0 aliphatic heterocycles. The Balaban J connectivity index is 2.21. The lowest BCUT2D eigenvalue weighted by Gasteiger charge is -2.05. The summed E-state index contributed by atoms with van der Waals surface area (Å²) in [6.45, 7) is 3.83. The minimum absolute atomic E-state index is 0.0528. The molecule has 0 atom stereocenters. The van der Waals surface area contributed by atoms with Gasteiger partial charge < -0.3 is 5.32 Å². The van der Waals surface area contributed by atoms with Crippen molar-refractivity contribution in [1.82, 2.24) is 15.2 Å². The molecule has 0 fully saturated rings. The first-order chi connectivity index (χ1) is 8.99. The number of amides is 1. The largest absolute Gasteiger partial charge is 0.315 e. The van der Waals surface area contributed by atoms with Gasteiger partial charge in [0.25, 0.3) is 5.91 Å². The van der Waals surface area contributed by atoms with Gasteiger partial charge in [0.15, 0.2) is 0 Å². The third-order valence-electron chi connectivity index (χ3n) is 2.45. The fraction of sp³-hybridized carbons (Fsp3) is 0.250. The number of aromatic amines is 1. The molecule has 0 saturated carbocycles. The quantitative estimate of drug-likeness (QED) is 0.909. The van der Waals surface area contributed by atoms with Gasteiger partial charge in [0, 0.05) is 5.92 Å². The van der Waals surface area contributed by atoms with Gasteiger partial charge in [-0.15, -0.1) is 5.10 Å². The second-order valence-corrected chi connectivity index (χ2v) is 4.66. The van der Waals surface area contributed by atoms with Crippen LogP contribution in [-0.2, 0) is 0 Å². The monoisotopic (exact) mass is 282 g/mol. The van der Waals surface area contributed by atoms with E-state index in [0.29, 0.717) is 5.82 Å². The Morgan fingerprint density at radius 3 is 2.79 bits per heavy atom. The van der Waals surface area contributed by atoms with E-state index in [1.165, 1.54) is 18.2 Å². The van der Waals surface area contributed by atoms with Crippen LogP contribution < -0.4 is 5.32 Å². The fourth-order valence-corrected chi connectivity index (χ4v) is 1.63. The second kappa shape index (κ2) is 5.36. The number of rotatable bonds is 3. The molecule has 0 spiro atoms. The van der Waals surface area contributed by atoms with E-state index in [4.69, 9.17) is 11.6 Å². The molecule has 2 N–H and O–H groups in total. The number of para-hydroxylation sites is 1. The van der Waals surface area contributed by atoms with Crippen LogP contribution in [0.3, 0.4) is 0 Å². The predicted octanol–water partition coefficient (Wildman–Crippen LogP) is 2.97. The van der Waals surface area contributed by atoms with E-state index in [-0.39, 0.29) is 22.5 Å². The summed E-state index contributed by atoms with van der Waals surface area (Å²) in [6.07, 6.45) is 0. The number of H-pyrrole nitrogens is 1. The summed E-state index contributed by atoms with van der Waals surface area (Å²) in [4.78, 5) is 15.9. The van der Waals surface area contributed by atoms with Gasteiger partial charge in [0.05, 0.1) is 10.7 Å². The Kier molecular flexibility index (Phi) is 3.80. The number of carbonyl (C=O) groups excluding carboxylic acids is 1. The lowest BCUT2D eigenvalue weighted by atomic mass is 10.2. The van der Waals surface area contributed by atoms with Crippen LogP contribution in [0.2, 0.25) is 5.02 Å². The first kappa shape index (κ1) is 13.5. The van der Waals surface area contributed by atoms with E-state index in [1.54, 1.807) is 0 Å². The van der Waals surface area contributed by atoms with E-state index < -0.39 is 11.7 Å². The summed E-state index contributed by atoms with van der Waals surface area (Å²) >= 11 is 5.81. The first-order valence-electron chi connectivity index (χ1n) is 5.66. The third kappa shape index (κ3) is 2.90. The number of anilines is 1. The highest BCUT2D eigenvalue weighted by molar-refractivity contribution is 6.33. The van der Waals surface area contributed by atoms with E-state index >= 15 is 0 Å². The maximum atomic E-state index is 13.5. The van der Waals surface area contributed by atoms with Gasteiger partial charge in [-0.3, -0.25) is 9.89 Å². The van der Waals surface area contributed by atoms with Crippen LogP contribution >= 0.6 is 11.6 Å². The summed E-state index contributed by atoms with van der Waals surface area (Å²) in [5.74, 6) is -0.575. The van der Waals surface area contributed by atoms with E-state index in [1.807, 2.05) is 13.8 Å². The maximum absolute atomic E-state index is 13.5. The van der Waals surface area contributed by atoms with Crippen LogP contribution in [-0.4, -0.2) is 21.1 Å². The number of nitrogens with one attached hydrogen (secondary N) is 2. The van der Waals surface area contributed by atoms with Crippen molar-refractivity contribution in [3.63, 3.8) is 0 Å². The molecular weight excluding hydrogens is 271 g/mol. The summed E-state index contributed by atoms with van der Waals surface area (Å²) in [6, 6.07) is 4.15. The number of benzene rings is 1. The normalized spacial score (nSPS) is 10.8. The lowest BCUT2D eigenvalue weighted by Crippen LogP contribution is -2.15. The lowest BCUT2D eigenvalue weighted by molar-refractivity contribution is 0.101. The van der Waals surface area contributed by atoms with Crippen molar-refractivity contribution in [3.05, 3.63) is 40.7 Å². The molecule has 0 unspecified atom stereocenters. The molecule has 0 saturated heterocycles. The second-order valence-electron chi connectivity index (χ2n) is 4.25. The number of halogens is 2. The third-order valence-corrected chi connectivity index (χ3v) is 2.77. The zero-order chi connectivity index (χ0) is 14.0. The molecule has 0 radical (unpaired) electrons. The van der Waals surface area contributed by atoms with Gasteiger partial charge >= 0.3 is 0 Å². The molecule has 1 amide bonds. The van der Waals surface area contributed by atoms with Crippen molar-refractivity contribution in [2.75, 3.05) is 5.32 Å². The predicted molar refractivity (Wildman–Crippen MR) is 69.8 cm³/mol. The van der Waals surface area contributed by atoms with Crippen LogP contribution in [0.1, 0.15) is 36.2 Å². The topological polar surface area (TPSA) is 70.7 Å². The van der Waals surface area contributed by atoms with E-state index in [9.17, 15) is 9.18 Å². The molecule has 1 heterocycles. The van der Waals surface area contributed by atoms with Crippen molar-refractivity contribution >= 4 is 23.2 Å². The molecular formula is C12H12ClFN4O. The Bertz CT molecular complexity index is 591. The minimum atomic E-state index is -0.616. The molecule has 0 aliphatic rings. The highest BCUT2D eigenvalue weighted by atomic mass is 35.5. The highest BCUT2D eigenvalue weighted by Gasteiger charge is 2.17. The van der Waals surface area contributed by atoms with Crippen molar-refractivity contribution in [3.8, 4) is 0 Å². The van der Waals surface area contributed by atoms with Gasteiger partial charge in [-0.2, -0.15) is 0 Å². The van der Waals surface area contributed by atoms with Gasteiger partial charge in [-0.05, 0) is 12.1 Å². The average molecular weight is 283 g/mol. The summed E-state index contributed by atoms with van der Waals surface area (Å²) < 4.78 is 13.5. The van der Waals surface area contributed by atoms with Gasteiger partial charge in [-0.25, -0.2) is 9.37 Å². The molecule has 19 heavy (non-hydrogen) atoms. The number of hydrogen-bond donors (Lipinski definition) is 2. The SMILES string of the molecule is CC(C)c1nc(C(=O)Nc2c(F)cccc2Cl)n[nH]1. The Hall–Kier alpha value is -1.95. The molecule has 1 aromatic carbocycles. The molecule has 1 aromatic heterocycles. The van der Waals surface area contributed by atoms with Crippen molar-refractivity contribution in [2.45, 2.75) is 19.8 Å². The molecule has 0 aliphatic carbocycles. The number of hydrogen-bond acceptors (Lipinski definition) is 3. The van der Waals surface area contributed by atoms with E-state index in [0.717, 1.165) is 0 Å². The Labute approximate surface area is 114 Å². The van der Waals surface area contributed by atoms with Crippen LogP contribution in [0.5, 0.6) is 0 Å². The Morgan fingerprint density at radius 1 is 1.47 bits per heavy atom. The maximum Gasteiger partial charge on any atom is 0.295 e. The molecule has 5 nitrogen and oxygen atoms in total. The van der Waals surface area contributed by atoms with Crippen molar-refractivity contribution < 1.29 is 9.18 Å².